The van der Waals surface area contributed by atoms with Crippen molar-refractivity contribution in [1.29, 1.82) is 0 Å². The molecule has 0 amide bonds. The van der Waals surface area contributed by atoms with E-state index in [9.17, 15) is 9.59 Å². The Hall–Kier alpha value is -5.94. The van der Waals surface area contributed by atoms with Crippen molar-refractivity contribution in [2.45, 2.75) is 0 Å². The van der Waals surface area contributed by atoms with Crippen LogP contribution in [-0.2, 0) is 0 Å². The molecule has 0 atom stereocenters. The lowest BCUT2D eigenvalue weighted by atomic mass is 9.98. The molecule has 9 rings (SSSR count). The standard InChI is InChI=1S/C38H20O5/c39-35-27-7-1-3-13-31(27)41-33-17-15-21(19-29(33)35)23-9-5-11-25-26-12-6-10-24(38(26)43-37(23)25)22-16-18-34-30(20-22)36(40)28-8-2-4-14-32(28)42-34/h1-20H. The molecule has 3 heterocycles. The maximum Gasteiger partial charge on any atom is 0.200 e. The van der Waals surface area contributed by atoms with Gasteiger partial charge in [-0.05, 0) is 59.7 Å². The Labute approximate surface area is 242 Å². The summed E-state index contributed by atoms with van der Waals surface area (Å²) in [6.45, 7) is 0. The minimum atomic E-state index is -0.0636. The van der Waals surface area contributed by atoms with Gasteiger partial charge < -0.3 is 13.3 Å². The van der Waals surface area contributed by atoms with Gasteiger partial charge in [-0.1, -0.05) is 72.8 Å². The van der Waals surface area contributed by atoms with E-state index in [1.807, 2.05) is 97.1 Å². The lowest BCUT2D eigenvalue weighted by molar-refractivity contribution is 0.659. The first-order valence-electron chi connectivity index (χ1n) is 14.0. The summed E-state index contributed by atoms with van der Waals surface area (Å²) >= 11 is 0. The average molecular weight is 557 g/mol. The molecule has 0 spiro atoms. The topological polar surface area (TPSA) is 73.6 Å². The van der Waals surface area contributed by atoms with Crippen molar-refractivity contribution in [3.05, 3.63) is 142 Å². The van der Waals surface area contributed by atoms with Gasteiger partial charge in [0.25, 0.3) is 0 Å². The minimum Gasteiger partial charge on any atom is -0.456 e. The van der Waals surface area contributed by atoms with E-state index >= 15 is 0 Å². The van der Waals surface area contributed by atoms with E-state index in [-0.39, 0.29) is 10.9 Å². The fourth-order valence-electron chi connectivity index (χ4n) is 6.22. The molecule has 0 aliphatic heterocycles. The number of rotatable bonds is 2. The first kappa shape index (κ1) is 23.7. The maximum atomic E-state index is 13.4. The summed E-state index contributed by atoms with van der Waals surface area (Å²) in [5.41, 5.74) is 7.01. The van der Waals surface area contributed by atoms with Crippen molar-refractivity contribution in [3.8, 4) is 22.3 Å². The van der Waals surface area contributed by atoms with Crippen LogP contribution in [0.4, 0.5) is 0 Å². The fourth-order valence-corrected chi connectivity index (χ4v) is 6.22. The summed E-state index contributed by atoms with van der Waals surface area (Å²) in [6, 6.07) is 38.0. The summed E-state index contributed by atoms with van der Waals surface area (Å²) in [6.07, 6.45) is 0. The van der Waals surface area contributed by atoms with Crippen molar-refractivity contribution in [2.24, 2.45) is 0 Å². The van der Waals surface area contributed by atoms with Gasteiger partial charge >= 0.3 is 0 Å². The van der Waals surface area contributed by atoms with E-state index in [1.54, 1.807) is 24.3 Å². The Bertz CT molecular complexity index is 2540. The largest absolute Gasteiger partial charge is 0.456 e. The van der Waals surface area contributed by atoms with Crippen LogP contribution in [0.1, 0.15) is 0 Å². The summed E-state index contributed by atoms with van der Waals surface area (Å²) in [4.78, 5) is 26.7. The number of hydrogen-bond acceptors (Lipinski definition) is 5. The van der Waals surface area contributed by atoms with E-state index in [1.165, 1.54) is 0 Å². The molecule has 0 unspecified atom stereocenters. The van der Waals surface area contributed by atoms with Crippen LogP contribution in [0.5, 0.6) is 0 Å². The quantitative estimate of drug-likeness (QED) is 0.198. The third-order valence-corrected chi connectivity index (χ3v) is 8.30. The molecule has 0 saturated heterocycles. The second-order valence-electron chi connectivity index (χ2n) is 10.7. The van der Waals surface area contributed by atoms with Crippen LogP contribution in [0.25, 0.3) is 88.1 Å². The monoisotopic (exact) mass is 556 g/mol. The second-order valence-corrected chi connectivity index (χ2v) is 10.7. The molecule has 0 saturated carbocycles. The SMILES string of the molecule is O=c1c2ccccc2oc2ccc(-c3cccc4c3oc3c(-c5ccc6oc7ccccc7c(=O)c6c5)cccc34)cc12. The summed E-state index contributed by atoms with van der Waals surface area (Å²) in [5.74, 6) is 0. The zero-order valence-electron chi connectivity index (χ0n) is 22.6. The van der Waals surface area contributed by atoms with E-state index in [2.05, 4.69) is 0 Å². The Morgan fingerprint density at radius 2 is 0.767 bits per heavy atom. The zero-order chi connectivity index (χ0) is 28.7. The van der Waals surface area contributed by atoms with Gasteiger partial charge in [0.15, 0.2) is 0 Å². The van der Waals surface area contributed by atoms with Crippen LogP contribution in [-0.4, -0.2) is 0 Å². The van der Waals surface area contributed by atoms with Gasteiger partial charge in [-0.25, -0.2) is 0 Å². The van der Waals surface area contributed by atoms with Crippen LogP contribution in [0.15, 0.2) is 144 Å². The van der Waals surface area contributed by atoms with Gasteiger partial charge in [0.2, 0.25) is 10.9 Å². The van der Waals surface area contributed by atoms with Gasteiger partial charge in [-0.3, -0.25) is 9.59 Å². The molecular weight excluding hydrogens is 536 g/mol. The van der Waals surface area contributed by atoms with Crippen LogP contribution in [0, 0.1) is 0 Å². The average Bonchev–Trinajstić information content (AvgIpc) is 3.44. The highest BCUT2D eigenvalue weighted by molar-refractivity contribution is 6.13. The number of para-hydroxylation sites is 4. The normalized spacial score (nSPS) is 11.9. The van der Waals surface area contributed by atoms with Gasteiger partial charge in [-0.15, -0.1) is 0 Å². The molecule has 0 N–H and O–H groups in total. The molecule has 0 fully saturated rings. The number of benzene rings is 6. The third-order valence-electron chi connectivity index (χ3n) is 8.30. The number of fused-ring (bicyclic) bond motifs is 7. The van der Waals surface area contributed by atoms with Gasteiger partial charge in [0.1, 0.15) is 33.5 Å². The third kappa shape index (κ3) is 3.45. The molecule has 0 aliphatic carbocycles. The Morgan fingerprint density at radius 1 is 0.349 bits per heavy atom. The zero-order valence-corrected chi connectivity index (χ0v) is 22.6. The lowest BCUT2D eigenvalue weighted by Crippen LogP contribution is -2.01. The van der Waals surface area contributed by atoms with Crippen molar-refractivity contribution in [1.82, 2.24) is 0 Å². The molecule has 0 bridgehead atoms. The molecule has 9 aromatic rings. The molecule has 43 heavy (non-hydrogen) atoms. The van der Waals surface area contributed by atoms with Crippen molar-refractivity contribution in [3.63, 3.8) is 0 Å². The molecule has 202 valence electrons. The second kappa shape index (κ2) is 8.78. The predicted octanol–water partition coefficient (Wildman–Crippen LogP) is 9.44. The van der Waals surface area contributed by atoms with E-state index in [0.29, 0.717) is 43.9 Å². The van der Waals surface area contributed by atoms with Gasteiger partial charge in [0, 0.05) is 21.9 Å². The predicted molar refractivity (Wildman–Crippen MR) is 172 cm³/mol. The molecule has 0 aliphatic rings. The van der Waals surface area contributed by atoms with Gasteiger partial charge in [-0.2, -0.15) is 0 Å². The summed E-state index contributed by atoms with van der Waals surface area (Å²) < 4.78 is 18.7. The van der Waals surface area contributed by atoms with Crippen LogP contribution >= 0.6 is 0 Å². The number of furan rings is 1. The Kier molecular flexibility index (Phi) is 4.85. The van der Waals surface area contributed by atoms with Crippen LogP contribution in [0.2, 0.25) is 0 Å². The lowest BCUT2D eigenvalue weighted by Gasteiger charge is -2.06. The fraction of sp³-hybridized carbons (Fsp3) is 0. The smallest absolute Gasteiger partial charge is 0.200 e. The van der Waals surface area contributed by atoms with E-state index < -0.39 is 0 Å². The molecule has 5 nitrogen and oxygen atoms in total. The number of hydrogen-bond donors (Lipinski definition) is 0. The van der Waals surface area contributed by atoms with Crippen molar-refractivity contribution >= 4 is 65.8 Å². The Morgan fingerprint density at radius 3 is 1.26 bits per heavy atom. The summed E-state index contributed by atoms with van der Waals surface area (Å²) in [5, 5.41) is 4.07. The van der Waals surface area contributed by atoms with E-state index in [0.717, 1.165) is 44.2 Å². The molecule has 5 heteroatoms. The minimum absolute atomic E-state index is 0.0636. The maximum absolute atomic E-state index is 13.4. The van der Waals surface area contributed by atoms with Crippen LogP contribution < -0.4 is 10.9 Å². The van der Waals surface area contributed by atoms with Crippen molar-refractivity contribution in [2.75, 3.05) is 0 Å². The molecule has 3 aromatic heterocycles. The molecular formula is C38H20O5. The first-order valence-corrected chi connectivity index (χ1v) is 14.0. The highest BCUT2D eigenvalue weighted by Crippen LogP contribution is 2.40. The van der Waals surface area contributed by atoms with Crippen LogP contribution in [0.3, 0.4) is 0 Å². The molecule has 6 aromatic carbocycles. The molecule has 0 radical (unpaired) electrons. The van der Waals surface area contributed by atoms with E-state index in [4.69, 9.17) is 13.3 Å². The Balaban J connectivity index is 1.26. The van der Waals surface area contributed by atoms with Crippen molar-refractivity contribution < 1.29 is 13.3 Å². The highest BCUT2D eigenvalue weighted by atomic mass is 16.3. The first-order chi connectivity index (χ1) is 21.1. The highest BCUT2D eigenvalue weighted by Gasteiger charge is 2.18. The van der Waals surface area contributed by atoms with Gasteiger partial charge in [0.05, 0.1) is 21.5 Å². The summed E-state index contributed by atoms with van der Waals surface area (Å²) in [7, 11) is 0.